The number of fused-ring (bicyclic) bond motifs is 2. The van der Waals surface area contributed by atoms with Gasteiger partial charge in [-0.25, -0.2) is 0 Å². The minimum Gasteiger partial charge on any atom is -0.496 e. The van der Waals surface area contributed by atoms with E-state index in [1.54, 1.807) is 19.1 Å². The summed E-state index contributed by atoms with van der Waals surface area (Å²) in [5.74, 6) is 1.73. The fourth-order valence-electron chi connectivity index (χ4n) is 9.35. The molecule has 11 heteroatoms. The number of ether oxygens (including phenoxy) is 2. The van der Waals surface area contributed by atoms with E-state index in [1.165, 1.54) is 0 Å². The van der Waals surface area contributed by atoms with E-state index in [1.807, 2.05) is 110 Å². The Morgan fingerprint density at radius 3 is 2.41 bits per heavy atom. The summed E-state index contributed by atoms with van der Waals surface area (Å²) in [5.41, 5.74) is 5.77. The molecule has 0 radical (unpaired) electrons. The molecule has 4 fully saturated rings. The minimum absolute atomic E-state index is 0.134. The first-order valence-corrected chi connectivity index (χ1v) is 20.6. The number of methoxy groups -OCH3 is 1. The van der Waals surface area contributed by atoms with Crippen molar-refractivity contribution in [3.8, 4) is 28.4 Å². The number of anilines is 1. The van der Waals surface area contributed by atoms with Crippen molar-refractivity contribution in [2.45, 2.75) is 70.9 Å². The topological polar surface area (TPSA) is 133 Å². The first-order valence-electron chi connectivity index (χ1n) is 20.6. The molecule has 312 valence electrons. The lowest BCUT2D eigenvalue weighted by Gasteiger charge is -2.60. The normalized spacial score (nSPS) is 23.8. The summed E-state index contributed by atoms with van der Waals surface area (Å²) >= 11 is 0. The summed E-state index contributed by atoms with van der Waals surface area (Å²) in [7, 11) is 5.45. The van der Waals surface area contributed by atoms with Gasteiger partial charge in [0.1, 0.15) is 29.4 Å². The molecule has 4 N–H and O–H groups in total. The summed E-state index contributed by atoms with van der Waals surface area (Å²) in [6.07, 6.45) is 0.775. The molecular weight excluding hydrogens is 745 g/mol. The largest absolute Gasteiger partial charge is 0.496 e. The van der Waals surface area contributed by atoms with E-state index in [0.29, 0.717) is 36.1 Å². The van der Waals surface area contributed by atoms with Gasteiger partial charge in [0.2, 0.25) is 5.91 Å². The van der Waals surface area contributed by atoms with Crippen LogP contribution in [0, 0.1) is 23.2 Å². The van der Waals surface area contributed by atoms with Crippen LogP contribution >= 0.6 is 0 Å². The highest BCUT2D eigenvalue weighted by Gasteiger charge is 2.56. The van der Waals surface area contributed by atoms with Crippen molar-refractivity contribution >= 4 is 17.5 Å². The Morgan fingerprint density at radius 2 is 1.73 bits per heavy atom. The highest BCUT2D eigenvalue weighted by Crippen LogP contribution is 2.60. The molecule has 2 amide bonds. The van der Waals surface area contributed by atoms with Crippen LogP contribution < -0.4 is 25.0 Å². The lowest BCUT2D eigenvalue weighted by atomic mass is 9.46. The van der Waals surface area contributed by atoms with Gasteiger partial charge in [-0.3, -0.25) is 14.4 Å². The van der Waals surface area contributed by atoms with Crippen LogP contribution in [0.5, 0.6) is 17.2 Å². The molecule has 59 heavy (non-hydrogen) atoms. The number of benzene rings is 4. The van der Waals surface area contributed by atoms with Crippen molar-refractivity contribution in [2.75, 3.05) is 39.3 Å². The van der Waals surface area contributed by atoms with Gasteiger partial charge in [0.15, 0.2) is 0 Å². The van der Waals surface area contributed by atoms with E-state index >= 15 is 0 Å². The predicted molar refractivity (Wildman–Crippen MR) is 229 cm³/mol. The maximum atomic E-state index is 14.3. The molecule has 7 atom stereocenters. The summed E-state index contributed by atoms with van der Waals surface area (Å²) in [4.78, 5) is 36.3. The second-order valence-electron chi connectivity index (χ2n) is 17.0. The number of para-hydroxylation sites is 3. The fraction of sp³-hybridized carbons (Fsp3) is 0.417. The van der Waals surface area contributed by atoms with Gasteiger partial charge in [-0.1, -0.05) is 80.6 Å². The van der Waals surface area contributed by atoms with E-state index in [-0.39, 0.29) is 36.4 Å². The van der Waals surface area contributed by atoms with Gasteiger partial charge in [0.05, 0.1) is 32.4 Å². The summed E-state index contributed by atoms with van der Waals surface area (Å²) in [5, 5.41) is 29.3. The Kier molecular flexibility index (Phi) is 12.5. The maximum Gasteiger partial charge on any atom is 0.251 e. The first-order chi connectivity index (χ1) is 28.3. The second kappa shape index (κ2) is 17.6. The number of hydrogen-bond acceptors (Lipinski definition) is 9. The lowest BCUT2D eigenvalue weighted by molar-refractivity contribution is -0.182. The number of carbonyl (C=O) groups excluding carboxylic acids is 2. The van der Waals surface area contributed by atoms with Crippen molar-refractivity contribution in [3.63, 3.8) is 0 Å². The van der Waals surface area contributed by atoms with Crippen molar-refractivity contribution in [1.29, 1.82) is 0 Å². The molecule has 11 nitrogen and oxygen atoms in total. The number of amides is 2. The third-order valence-electron chi connectivity index (χ3n) is 12.8. The van der Waals surface area contributed by atoms with Gasteiger partial charge in [-0.05, 0) is 91.0 Å². The molecule has 8 rings (SSSR count). The summed E-state index contributed by atoms with van der Waals surface area (Å²) in [6.45, 7) is 10.7. The SMILES string of the molecule is C=C1[C@@H](NC(=O)[C@@H]2[C@H]([C@H](C)O)[C@H](CO)ON2Cc2cccc(-c3cc(C(=O)NCCc4ccccc4Oc4ccccc4)cc(N(C)C)c3)c2OC)C[C@H]2C[C@@H]1C2(C)C. The van der Waals surface area contributed by atoms with E-state index in [0.717, 1.165) is 57.9 Å². The van der Waals surface area contributed by atoms with Crippen LogP contribution in [0.1, 0.15) is 55.1 Å². The number of hydroxylamine groups is 2. The number of nitrogens with one attached hydrogen (secondary N) is 2. The van der Waals surface area contributed by atoms with Gasteiger partial charge in [-0.15, -0.1) is 0 Å². The lowest BCUT2D eigenvalue weighted by Crippen LogP contribution is -2.59. The molecule has 3 aliphatic carbocycles. The van der Waals surface area contributed by atoms with Crippen LogP contribution in [0.2, 0.25) is 0 Å². The molecule has 0 spiro atoms. The zero-order chi connectivity index (χ0) is 42.0. The molecule has 3 saturated carbocycles. The standard InChI is InChI=1S/C48H58N4O7/c1-29-39-25-35(48(39,3)4)26-40(29)50-47(56)44-43(30(2)54)42(28-53)59-52(44)27-32-15-13-18-38(45(32)57-7)33-22-34(24-36(23-33)51(5)6)46(55)49-21-20-31-14-11-12-19-41(31)58-37-16-9-8-10-17-37/h8-19,22-24,30,35,39-40,42-44,53-54H,1,20-21,25-28H2,2-7H3,(H,49,55)(H,50,56)/t30-,35+,39-,40-,42-,43+,44-/m0/s1. The Hall–Kier alpha value is -5.20. The van der Waals surface area contributed by atoms with Crippen LogP contribution in [-0.2, 0) is 22.6 Å². The Balaban J connectivity index is 1.11. The van der Waals surface area contributed by atoms with Gasteiger partial charge < -0.3 is 35.2 Å². The van der Waals surface area contributed by atoms with Crippen LogP contribution in [0.25, 0.3) is 11.1 Å². The second-order valence-corrected chi connectivity index (χ2v) is 17.0. The highest BCUT2D eigenvalue weighted by molar-refractivity contribution is 5.97. The highest BCUT2D eigenvalue weighted by atomic mass is 16.7. The number of aliphatic hydroxyl groups is 2. The van der Waals surface area contributed by atoms with Crippen LogP contribution in [0.4, 0.5) is 5.69 Å². The van der Waals surface area contributed by atoms with Gasteiger partial charge in [-0.2, -0.15) is 5.06 Å². The summed E-state index contributed by atoms with van der Waals surface area (Å²) in [6, 6.07) is 27.9. The molecule has 0 unspecified atom stereocenters. The third kappa shape index (κ3) is 8.61. The molecule has 2 bridgehead atoms. The number of hydrogen-bond donors (Lipinski definition) is 4. The molecule has 1 saturated heterocycles. The molecular formula is C48H58N4O7. The number of aliphatic hydroxyl groups excluding tert-OH is 2. The van der Waals surface area contributed by atoms with Gasteiger partial charge >= 0.3 is 0 Å². The molecule has 1 aliphatic heterocycles. The third-order valence-corrected chi connectivity index (χ3v) is 12.8. The van der Waals surface area contributed by atoms with Gasteiger partial charge in [0, 0.05) is 48.9 Å². The molecule has 1 heterocycles. The van der Waals surface area contributed by atoms with Gasteiger partial charge in [0.25, 0.3) is 5.91 Å². The van der Waals surface area contributed by atoms with E-state index in [2.05, 4.69) is 31.1 Å². The molecule has 4 aromatic rings. The quantitative estimate of drug-likeness (QED) is 0.0962. The predicted octanol–water partition coefficient (Wildman–Crippen LogP) is 6.77. The van der Waals surface area contributed by atoms with Crippen molar-refractivity contribution in [2.24, 2.45) is 23.2 Å². The smallest absolute Gasteiger partial charge is 0.251 e. The average molecular weight is 803 g/mol. The van der Waals surface area contributed by atoms with Crippen molar-refractivity contribution in [3.05, 3.63) is 120 Å². The Labute approximate surface area is 347 Å². The van der Waals surface area contributed by atoms with Crippen molar-refractivity contribution in [1.82, 2.24) is 15.7 Å². The zero-order valence-corrected chi connectivity index (χ0v) is 35.0. The van der Waals surface area contributed by atoms with E-state index < -0.39 is 24.2 Å². The zero-order valence-electron chi connectivity index (χ0n) is 35.0. The minimum atomic E-state index is -0.932. The monoisotopic (exact) mass is 802 g/mol. The summed E-state index contributed by atoms with van der Waals surface area (Å²) < 4.78 is 12.2. The average Bonchev–Trinajstić information content (AvgIpc) is 3.60. The number of rotatable bonds is 15. The van der Waals surface area contributed by atoms with E-state index in [4.69, 9.17) is 14.3 Å². The van der Waals surface area contributed by atoms with E-state index in [9.17, 15) is 19.8 Å². The van der Waals surface area contributed by atoms with Crippen molar-refractivity contribution < 1.29 is 34.1 Å². The van der Waals surface area contributed by atoms with Crippen LogP contribution in [0.3, 0.4) is 0 Å². The Morgan fingerprint density at radius 1 is 1.00 bits per heavy atom. The molecule has 0 aromatic heterocycles. The first kappa shape index (κ1) is 41.9. The Bertz CT molecular complexity index is 2150. The number of nitrogens with zero attached hydrogens (tertiary/aromatic N) is 2. The molecule has 4 aromatic carbocycles. The number of carbonyl (C=O) groups is 2. The molecule has 4 aliphatic rings. The maximum absolute atomic E-state index is 14.3. The fourth-order valence-corrected chi connectivity index (χ4v) is 9.35. The van der Waals surface area contributed by atoms with Crippen LogP contribution in [0.15, 0.2) is 103 Å². The van der Waals surface area contributed by atoms with Crippen LogP contribution in [-0.4, -0.2) is 85.7 Å².